The highest BCUT2D eigenvalue weighted by atomic mass is 35.5. The van der Waals surface area contributed by atoms with Gasteiger partial charge in [0, 0.05) is 43.5 Å². The molecular weight excluding hydrogens is 366 g/mol. The van der Waals surface area contributed by atoms with Crippen molar-refractivity contribution in [3.8, 4) is 11.1 Å². The van der Waals surface area contributed by atoms with E-state index < -0.39 is 5.60 Å². The summed E-state index contributed by atoms with van der Waals surface area (Å²) in [5.74, 6) is 0.742. The fourth-order valence-electron chi connectivity index (χ4n) is 2.93. The molecule has 0 N–H and O–H groups in total. The molecule has 7 nitrogen and oxygen atoms in total. The second-order valence-electron chi connectivity index (χ2n) is 7.52. The molecule has 1 fully saturated rings. The van der Waals surface area contributed by atoms with Gasteiger partial charge in [-0.15, -0.1) is 5.10 Å². The van der Waals surface area contributed by atoms with Crippen molar-refractivity contribution in [2.24, 2.45) is 0 Å². The van der Waals surface area contributed by atoms with Gasteiger partial charge in [0.15, 0.2) is 5.15 Å². The number of anilines is 1. The first-order chi connectivity index (χ1) is 12.8. The Labute approximate surface area is 164 Å². The number of carbonyl (C=O) groups is 1. The molecular formula is C19H24ClN5O2. The number of halogens is 1. The van der Waals surface area contributed by atoms with E-state index in [1.165, 1.54) is 0 Å². The standard InChI is InChI=1S/C19H24ClN5O2/c1-19(2,3)27-18(26)13-24-6-8-25(9-7-24)17-5-4-14(11-21-17)15-10-16(20)23-22-12-15/h4-5,10-12H,6-9,13H2,1-3H3. The van der Waals surface area contributed by atoms with Crippen LogP contribution in [0.1, 0.15) is 20.8 Å². The molecule has 2 aromatic rings. The molecule has 0 bridgehead atoms. The Kier molecular flexibility index (Phi) is 5.92. The maximum Gasteiger partial charge on any atom is 0.320 e. The number of piperazine rings is 1. The fourth-order valence-corrected chi connectivity index (χ4v) is 3.10. The van der Waals surface area contributed by atoms with Crippen molar-refractivity contribution in [2.75, 3.05) is 37.6 Å². The Morgan fingerprint density at radius 1 is 1.15 bits per heavy atom. The summed E-state index contributed by atoms with van der Waals surface area (Å²) in [6.45, 7) is 9.21. The van der Waals surface area contributed by atoms with Crippen LogP contribution < -0.4 is 4.90 Å². The molecule has 0 spiro atoms. The number of pyridine rings is 1. The van der Waals surface area contributed by atoms with Gasteiger partial charge in [-0.3, -0.25) is 9.69 Å². The average molecular weight is 390 g/mol. The van der Waals surface area contributed by atoms with Gasteiger partial charge in [0.25, 0.3) is 0 Å². The topological polar surface area (TPSA) is 71.5 Å². The molecule has 0 amide bonds. The monoisotopic (exact) mass is 389 g/mol. The first-order valence-corrected chi connectivity index (χ1v) is 9.32. The Balaban J connectivity index is 1.54. The molecule has 144 valence electrons. The summed E-state index contributed by atoms with van der Waals surface area (Å²) >= 11 is 5.89. The van der Waals surface area contributed by atoms with Crippen LogP contribution in [0.2, 0.25) is 5.15 Å². The highest BCUT2D eigenvalue weighted by Crippen LogP contribution is 2.22. The van der Waals surface area contributed by atoms with Crippen molar-refractivity contribution < 1.29 is 9.53 Å². The van der Waals surface area contributed by atoms with Crippen LogP contribution in [0.25, 0.3) is 11.1 Å². The summed E-state index contributed by atoms with van der Waals surface area (Å²) in [5, 5.41) is 7.97. The number of hydrogen-bond acceptors (Lipinski definition) is 7. The van der Waals surface area contributed by atoms with Crippen molar-refractivity contribution in [3.05, 3.63) is 35.7 Å². The van der Waals surface area contributed by atoms with E-state index in [-0.39, 0.29) is 5.97 Å². The number of nitrogens with zero attached hydrogens (tertiary/aromatic N) is 5. The largest absolute Gasteiger partial charge is 0.459 e. The predicted octanol–water partition coefficient (Wildman–Crippen LogP) is 2.66. The van der Waals surface area contributed by atoms with E-state index in [1.54, 1.807) is 12.3 Å². The zero-order chi connectivity index (χ0) is 19.4. The van der Waals surface area contributed by atoms with Crippen molar-refractivity contribution in [1.29, 1.82) is 0 Å². The molecule has 27 heavy (non-hydrogen) atoms. The summed E-state index contributed by atoms with van der Waals surface area (Å²) < 4.78 is 5.39. The van der Waals surface area contributed by atoms with Gasteiger partial charge in [0.2, 0.25) is 0 Å². The van der Waals surface area contributed by atoms with Crippen molar-refractivity contribution in [3.63, 3.8) is 0 Å². The highest BCUT2D eigenvalue weighted by Gasteiger charge is 2.23. The Morgan fingerprint density at radius 3 is 2.48 bits per heavy atom. The molecule has 1 aliphatic rings. The normalized spacial score (nSPS) is 15.6. The van der Waals surface area contributed by atoms with Gasteiger partial charge in [-0.25, -0.2) is 4.98 Å². The third-order valence-electron chi connectivity index (χ3n) is 4.17. The number of esters is 1. The van der Waals surface area contributed by atoms with Crippen LogP contribution in [0, 0.1) is 0 Å². The van der Waals surface area contributed by atoms with Crippen LogP contribution in [-0.4, -0.2) is 64.4 Å². The summed E-state index contributed by atoms with van der Waals surface area (Å²) in [4.78, 5) is 20.9. The van der Waals surface area contributed by atoms with Crippen LogP contribution >= 0.6 is 11.6 Å². The number of rotatable bonds is 4. The zero-order valence-electron chi connectivity index (χ0n) is 15.9. The third kappa shape index (κ3) is 5.61. The quantitative estimate of drug-likeness (QED) is 0.744. The average Bonchev–Trinajstić information content (AvgIpc) is 2.61. The van der Waals surface area contributed by atoms with Crippen LogP contribution in [0.4, 0.5) is 5.82 Å². The summed E-state index contributed by atoms with van der Waals surface area (Å²) in [7, 11) is 0. The molecule has 3 heterocycles. The smallest absolute Gasteiger partial charge is 0.320 e. The molecule has 2 aromatic heterocycles. The third-order valence-corrected chi connectivity index (χ3v) is 4.36. The van der Waals surface area contributed by atoms with Gasteiger partial charge in [-0.2, -0.15) is 5.10 Å². The number of ether oxygens (including phenoxy) is 1. The van der Waals surface area contributed by atoms with E-state index in [1.807, 2.05) is 39.1 Å². The minimum Gasteiger partial charge on any atom is -0.459 e. The number of carbonyl (C=O) groups excluding carboxylic acids is 1. The minimum absolute atomic E-state index is 0.178. The Morgan fingerprint density at radius 2 is 1.89 bits per heavy atom. The molecule has 0 atom stereocenters. The summed E-state index contributed by atoms with van der Waals surface area (Å²) in [5.41, 5.74) is 1.38. The zero-order valence-corrected chi connectivity index (χ0v) is 16.6. The van der Waals surface area contributed by atoms with Gasteiger partial charge in [-0.1, -0.05) is 11.6 Å². The van der Waals surface area contributed by atoms with Crippen LogP contribution in [0.3, 0.4) is 0 Å². The van der Waals surface area contributed by atoms with Gasteiger partial charge in [0.05, 0.1) is 12.7 Å². The molecule has 1 saturated heterocycles. The maximum absolute atomic E-state index is 12.0. The SMILES string of the molecule is CC(C)(C)OC(=O)CN1CCN(c2ccc(-c3cnnc(Cl)c3)cn2)CC1. The number of hydrogen-bond donors (Lipinski definition) is 0. The second kappa shape index (κ2) is 8.19. The van der Waals surface area contributed by atoms with Crippen LogP contribution in [0.15, 0.2) is 30.6 Å². The van der Waals surface area contributed by atoms with E-state index in [2.05, 4.69) is 25.0 Å². The Hall–Kier alpha value is -2.25. The molecule has 1 aliphatic heterocycles. The summed E-state index contributed by atoms with van der Waals surface area (Å²) in [6.07, 6.45) is 3.48. The molecule has 0 unspecified atom stereocenters. The molecule has 0 aromatic carbocycles. The molecule has 0 radical (unpaired) electrons. The van der Waals surface area contributed by atoms with E-state index in [4.69, 9.17) is 16.3 Å². The number of aromatic nitrogens is 3. The van der Waals surface area contributed by atoms with Crippen LogP contribution in [0.5, 0.6) is 0 Å². The van der Waals surface area contributed by atoms with E-state index in [0.717, 1.165) is 43.1 Å². The van der Waals surface area contributed by atoms with Gasteiger partial charge in [0.1, 0.15) is 11.4 Å². The first-order valence-electron chi connectivity index (χ1n) is 8.94. The minimum atomic E-state index is -0.445. The maximum atomic E-state index is 12.0. The van der Waals surface area contributed by atoms with E-state index in [9.17, 15) is 4.79 Å². The molecule has 3 rings (SSSR count). The van der Waals surface area contributed by atoms with E-state index in [0.29, 0.717) is 11.7 Å². The lowest BCUT2D eigenvalue weighted by Crippen LogP contribution is -2.48. The van der Waals surface area contributed by atoms with Crippen molar-refractivity contribution >= 4 is 23.4 Å². The first kappa shape index (κ1) is 19.5. The van der Waals surface area contributed by atoms with Gasteiger partial charge < -0.3 is 9.64 Å². The highest BCUT2D eigenvalue weighted by molar-refractivity contribution is 6.29. The van der Waals surface area contributed by atoms with Crippen molar-refractivity contribution in [2.45, 2.75) is 26.4 Å². The molecule has 8 heteroatoms. The van der Waals surface area contributed by atoms with E-state index >= 15 is 0 Å². The van der Waals surface area contributed by atoms with Gasteiger partial charge >= 0.3 is 5.97 Å². The second-order valence-corrected chi connectivity index (χ2v) is 7.91. The lowest BCUT2D eigenvalue weighted by molar-refractivity contribution is -0.156. The van der Waals surface area contributed by atoms with Gasteiger partial charge in [-0.05, 0) is 39.0 Å². The lowest BCUT2D eigenvalue weighted by atomic mass is 10.1. The molecule has 0 aliphatic carbocycles. The predicted molar refractivity (Wildman–Crippen MR) is 105 cm³/mol. The Bertz CT molecular complexity index is 783. The summed E-state index contributed by atoms with van der Waals surface area (Å²) in [6, 6.07) is 5.76. The lowest BCUT2D eigenvalue weighted by Gasteiger charge is -2.35. The fraction of sp³-hybridized carbons (Fsp3) is 0.474. The van der Waals surface area contributed by atoms with Crippen LogP contribution in [-0.2, 0) is 9.53 Å². The van der Waals surface area contributed by atoms with Crippen molar-refractivity contribution in [1.82, 2.24) is 20.1 Å². The molecule has 0 saturated carbocycles.